The SMILES string of the molecule is c1ccc(-c2cc(-c3cc(-c4ccc5sc6ccccc6c5c4)cc(-c4ccccc4-c4ccc5oc6ccccc6c5c4)c3)nc(-c3ccccc3)n2)cc1. The lowest BCUT2D eigenvalue weighted by Crippen LogP contribution is -1.96. The van der Waals surface area contributed by atoms with Crippen LogP contribution in [-0.2, 0) is 0 Å². The highest BCUT2D eigenvalue weighted by molar-refractivity contribution is 7.25. The van der Waals surface area contributed by atoms with E-state index < -0.39 is 0 Å². The average Bonchev–Trinajstić information content (AvgIpc) is 3.84. The number of hydrogen-bond donors (Lipinski definition) is 0. The summed E-state index contributed by atoms with van der Waals surface area (Å²) < 4.78 is 8.80. The maximum absolute atomic E-state index is 6.21. The first-order valence-corrected chi connectivity index (χ1v) is 19.6. The zero-order valence-corrected chi connectivity index (χ0v) is 31.0. The summed E-state index contributed by atoms with van der Waals surface area (Å²) in [6, 6.07) is 68.8. The van der Waals surface area contributed by atoms with Gasteiger partial charge in [0.25, 0.3) is 0 Å². The molecule has 0 unspecified atom stereocenters. The molecule has 0 fully saturated rings. The van der Waals surface area contributed by atoms with Crippen molar-refractivity contribution in [3.63, 3.8) is 0 Å². The van der Waals surface area contributed by atoms with Crippen LogP contribution in [0.3, 0.4) is 0 Å². The van der Waals surface area contributed by atoms with Gasteiger partial charge < -0.3 is 4.42 Å². The average molecular weight is 733 g/mol. The van der Waals surface area contributed by atoms with Crippen LogP contribution in [-0.4, -0.2) is 9.97 Å². The molecular formula is C52H32N2OS. The lowest BCUT2D eigenvalue weighted by atomic mass is 9.89. The smallest absolute Gasteiger partial charge is 0.160 e. The van der Waals surface area contributed by atoms with Gasteiger partial charge in [-0.15, -0.1) is 11.3 Å². The molecule has 0 bridgehead atoms. The first-order chi connectivity index (χ1) is 27.7. The van der Waals surface area contributed by atoms with E-state index in [0.717, 1.165) is 83.4 Å². The fourth-order valence-corrected chi connectivity index (χ4v) is 9.04. The summed E-state index contributed by atoms with van der Waals surface area (Å²) >= 11 is 1.84. The highest BCUT2D eigenvalue weighted by atomic mass is 32.1. The van der Waals surface area contributed by atoms with Crippen molar-refractivity contribution in [2.24, 2.45) is 0 Å². The maximum Gasteiger partial charge on any atom is 0.160 e. The highest BCUT2D eigenvalue weighted by Gasteiger charge is 2.17. The molecule has 3 aromatic heterocycles. The van der Waals surface area contributed by atoms with Crippen molar-refractivity contribution < 1.29 is 4.42 Å². The second kappa shape index (κ2) is 13.3. The molecule has 11 aromatic rings. The van der Waals surface area contributed by atoms with Gasteiger partial charge in [-0.25, -0.2) is 9.97 Å². The number of nitrogens with zero attached hydrogens (tertiary/aromatic N) is 2. The summed E-state index contributed by atoms with van der Waals surface area (Å²) in [6.45, 7) is 0. The summed E-state index contributed by atoms with van der Waals surface area (Å²) in [7, 11) is 0. The third-order valence-corrected chi connectivity index (χ3v) is 11.8. The van der Waals surface area contributed by atoms with Gasteiger partial charge in [0.1, 0.15) is 11.2 Å². The van der Waals surface area contributed by atoms with E-state index >= 15 is 0 Å². The number of hydrogen-bond acceptors (Lipinski definition) is 4. The van der Waals surface area contributed by atoms with Crippen molar-refractivity contribution in [3.05, 3.63) is 194 Å². The lowest BCUT2D eigenvalue weighted by Gasteiger charge is -2.15. The van der Waals surface area contributed by atoms with Crippen LogP contribution >= 0.6 is 11.3 Å². The van der Waals surface area contributed by atoms with Crippen molar-refractivity contribution >= 4 is 53.4 Å². The van der Waals surface area contributed by atoms with Crippen LogP contribution in [0.5, 0.6) is 0 Å². The Balaban J connectivity index is 1.14. The van der Waals surface area contributed by atoms with Crippen LogP contribution in [0.4, 0.5) is 0 Å². The number of thiophene rings is 1. The minimum absolute atomic E-state index is 0.695. The molecule has 0 aliphatic heterocycles. The molecule has 0 saturated heterocycles. The Labute approximate surface area is 327 Å². The number of rotatable bonds is 6. The quantitative estimate of drug-likeness (QED) is 0.171. The van der Waals surface area contributed by atoms with Crippen LogP contribution in [0, 0.1) is 0 Å². The summed E-state index contributed by atoms with van der Waals surface area (Å²) in [4.78, 5) is 10.4. The van der Waals surface area contributed by atoms with Crippen LogP contribution in [0.1, 0.15) is 0 Å². The van der Waals surface area contributed by atoms with E-state index in [1.54, 1.807) is 0 Å². The predicted octanol–water partition coefficient (Wildman–Crippen LogP) is 14.7. The number of aromatic nitrogens is 2. The molecule has 0 N–H and O–H groups in total. The van der Waals surface area contributed by atoms with Crippen LogP contribution in [0.15, 0.2) is 199 Å². The van der Waals surface area contributed by atoms with E-state index in [9.17, 15) is 0 Å². The minimum atomic E-state index is 0.695. The van der Waals surface area contributed by atoms with Gasteiger partial charge in [-0.2, -0.15) is 0 Å². The summed E-state index contributed by atoms with van der Waals surface area (Å²) in [6.07, 6.45) is 0. The van der Waals surface area contributed by atoms with Crippen molar-refractivity contribution in [2.45, 2.75) is 0 Å². The number of furan rings is 1. The Morgan fingerprint density at radius 2 is 0.893 bits per heavy atom. The van der Waals surface area contributed by atoms with Gasteiger partial charge in [-0.1, -0.05) is 133 Å². The van der Waals surface area contributed by atoms with Crippen molar-refractivity contribution in [2.75, 3.05) is 0 Å². The van der Waals surface area contributed by atoms with Gasteiger partial charge in [0.15, 0.2) is 5.82 Å². The number of benzene rings is 8. The topological polar surface area (TPSA) is 38.9 Å². The highest BCUT2D eigenvalue weighted by Crippen LogP contribution is 2.42. The minimum Gasteiger partial charge on any atom is -0.456 e. The van der Waals surface area contributed by atoms with Crippen LogP contribution in [0.25, 0.3) is 109 Å². The summed E-state index contributed by atoms with van der Waals surface area (Å²) in [5.74, 6) is 0.695. The van der Waals surface area contributed by atoms with E-state index in [2.05, 4.69) is 158 Å². The molecule has 11 rings (SSSR count). The molecule has 0 aliphatic carbocycles. The number of fused-ring (bicyclic) bond motifs is 6. The third-order valence-electron chi connectivity index (χ3n) is 10.7. The molecular weight excluding hydrogens is 701 g/mol. The Bertz CT molecular complexity index is 3190. The van der Waals surface area contributed by atoms with E-state index in [-0.39, 0.29) is 0 Å². The van der Waals surface area contributed by atoms with Gasteiger partial charge in [-0.05, 0) is 94.0 Å². The normalized spacial score (nSPS) is 11.6. The molecule has 8 aromatic carbocycles. The van der Waals surface area contributed by atoms with Crippen molar-refractivity contribution in [1.82, 2.24) is 9.97 Å². The van der Waals surface area contributed by atoms with Crippen molar-refractivity contribution in [1.29, 1.82) is 0 Å². The zero-order chi connectivity index (χ0) is 37.0. The number of para-hydroxylation sites is 1. The molecule has 0 spiro atoms. The first-order valence-electron chi connectivity index (χ1n) is 18.8. The Hall–Kier alpha value is -7.14. The standard InChI is InChI=1S/C52H32N2OS/c1-3-13-33(14-4-1)46-32-47(54-52(53-46)34-15-5-2-6-16-34)39-28-37(35-24-26-51-45(30-35)43-20-10-12-22-50(43)56-51)27-38(29-39)41-18-8-7-17-40(41)36-23-25-49-44(31-36)42-19-9-11-21-48(42)55-49/h1-32H. The molecule has 56 heavy (non-hydrogen) atoms. The van der Waals surface area contributed by atoms with Gasteiger partial charge in [0.05, 0.1) is 11.4 Å². The van der Waals surface area contributed by atoms with E-state index in [1.807, 2.05) is 47.7 Å². The lowest BCUT2D eigenvalue weighted by molar-refractivity contribution is 0.669. The molecule has 0 radical (unpaired) electrons. The summed E-state index contributed by atoms with van der Waals surface area (Å²) in [5, 5.41) is 4.79. The first kappa shape index (κ1) is 32.3. The molecule has 3 heterocycles. The van der Waals surface area contributed by atoms with Gasteiger partial charge in [0.2, 0.25) is 0 Å². The Morgan fingerprint density at radius 1 is 0.321 bits per heavy atom. The molecule has 0 atom stereocenters. The molecule has 4 heteroatoms. The van der Waals surface area contributed by atoms with Gasteiger partial charge >= 0.3 is 0 Å². The zero-order valence-electron chi connectivity index (χ0n) is 30.2. The monoisotopic (exact) mass is 732 g/mol. The van der Waals surface area contributed by atoms with Crippen LogP contribution in [0.2, 0.25) is 0 Å². The van der Waals surface area contributed by atoms with E-state index in [1.165, 1.54) is 20.2 Å². The second-order valence-electron chi connectivity index (χ2n) is 14.2. The van der Waals surface area contributed by atoms with Gasteiger partial charge in [-0.3, -0.25) is 0 Å². The van der Waals surface area contributed by atoms with E-state index in [0.29, 0.717) is 5.82 Å². The molecule has 3 nitrogen and oxygen atoms in total. The van der Waals surface area contributed by atoms with Gasteiger partial charge in [0, 0.05) is 47.6 Å². The Kier molecular flexibility index (Phi) is 7.68. The van der Waals surface area contributed by atoms with Crippen LogP contribution < -0.4 is 0 Å². The molecule has 0 amide bonds. The largest absolute Gasteiger partial charge is 0.456 e. The maximum atomic E-state index is 6.21. The van der Waals surface area contributed by atoms with E-state index in [4.69, 9.17) is 14.4 Å². The fourth-order valence-electron chi connectivity index (χ4n) is 7.95. The molecule has 0 saturated carbocycles. The third kappa shape index (κ3) is 5.67. The molecule has 0 aliphatic rings. The predicted molar refractivity (Wildman–Crippen MR) is 235 cm³/mol. The van der Waals surface area contributed by atoms with Crippen molar-refractivity contribution in [3.8, 4) is 67.3 Å². The molecule has 262 valence electrons. The summed E-state index contributed by atoms with van der Waals surface area (Å²) in [5.41, 5.74) is 13.4. The second-order valence-corrected chi connectivity index (χ2v) is 15.2. The fraction of sp³-hybridized carbons (Fsp3) is 0. The Morgan fingerprint density at radius 3 is 1.71 bits per heavy atom.